The van der Waals surface area contributed by atoms with Gasteiger partial charge in [0.25, 0.3) is 0 Å². The third-order valence-corrected chi connectivity index (χ3v) is 16.1. The number of amides is 2. The fraction of sp³-hybridized carbons (Fsp3) is 0.949. The zero-order valence-electron chi connectivity index (χ0n) is 31.8. The zero-order valence-corrected chi connectivity index (χ0v) is 31.8. The molecule has 7 fully saturated rings. The Kier molecular flexibility index (Phi) is 8.44. The van der Waals surface area contributed by atoms with Crippen molar-refractivity contribution in [3.63, 3.8) is 0 Å². The Hall–Kier alpha value is -1.46. The molecule has 0 radical (unpaired) electrons. The standard InChI is InChI=1S/C39H64N2O8/c1-22-19-24(32(35(5,6)45)47-23(2)42)48-30-29(22)36(7)15-16-39-21-38(39)14-13-27(49-28-20-41(17-18-46-28)33(44)40(9)10)34(3,4)25(38)11-12-26(39)37(36,8)31(30)43/h22,24-32,43,45H,11-21H2,1-10H3. The van der Waals surface area contributed by atoms with E-state index < -0.39 is 36.2 Å². The SMILES string of the molecule is CC(=O)OC(C1CC(C)C2C(O1)C(O)C1(C)C3CCC4C(C)(C)C(OC5CN(C(=O)N(C)C)CCO5)CCC45CC35CCC21C)C(C)(C)O. The van der Waals surface area contributed by atoms with E-state index in [4.69, 9.17) is 18.9 Å². The molecule has 5 saturated carbocycles. The molecule has 7 aliphatic rings. The summed E-state index contributed by atoms with van der Waals surface area (Å²) in [4.78, 5) is 28.2. The molecule has 10 nitrogen and oxygen atoms in total. The number of urea groups is 1. The minimum absolute atomic E-state index is 0.000463. The Labute approximate surface area is 293 Å². The van der Waals surface area contributed by atoms with Gasteiger partial charge < -0.3 is 39.0 Å². The summed E-state index contributed by atoms with van der Waals surface area (Å²) in [6.07, 6.45) is 5.91. The van der Waals surface area contributed by atoms with Crippen LogP contribution in [0.2, 0.25) is 0 Å². The van der Waals surface area contributed by atoms with Gasteiger partial charge in [-0.3, -0.25) is 4.79 Å². The lowest BCUT2D eigenvalue weighted by Crippen LogP contribution is -2.60. The Morgan fingerprint density at radius 2 is 1.69 bits per heavy atom. The fourth-order valence-corrected chi connectivity index (χ4v) is 13.9. The number of ether oxygens (including phenoxy) is 4. The summed E-state index contributed by atoms with van der Waals surface area (Å²) in [6, 6.07) is 0.000463. The van der Waals surface area contributed by atoms with Crippen LogP contribution >= 0.6 is 0 Å². The van der Waals surface area contributed by atoms with E-state index in [1.54, 1.807) is 32.8 Å². The van der Waals surface area contributed by atoms with Crippen molar-refractivity contribution < 1.29 is 38.7 Å². The second kappa shape index (κ2) is 11.5. The molecule has 14 atom stereocenters. The van der Waals surface area contributed by atoms with Gasteiger partial charge in [0.2, 0.25) is 0 Å². The van der Waals surface area contributed by atoms with Gasteiger partial charge in [-0.05, 0) is 111 Å². The summed E-state index contributed by atoms with van der Waals surface area (Å²) in [5, 5.41) is 23.6. The number of aliphatic hydroxyl groups excluding tert-OH is 1. The molecule has 5 aliphatic carbocycles. The molecular weight excluding hydrogens is 624 g/mol. The first-order valence-electron chi connectivity index (χ1n) is 19.2. The zero-order chi connectivity index (χ0) is 35.7. The summed E-state index contributed by atoms with van der Waals surface area (Å²) in [7, 11) is 3.57. The lowest BCUT2D eigenvalue weighted by molar-refractivity contribution is -0.245. The molecule has 2 spiro atoms. The van der Waals surface area contributed by atoms with E-state index in [0.29, 0.717) is 38.0 Å². The van der Waals surface area contributed by atoms with Crippen LogP contribution in [0.5, 0.6) is 0 Å². The van der Waals surface area contributed by atoms with Crippen LogP contribution in [-0.2, 0) is 23.7 Å². The molecule has 49 heavy (non-hydrogen) atoms. The van der Waals surface area contributed by atoms with Crippen molar-refractivity contribution in [2.75, 3.05) is 33.8 Å². The number of nitrogens with zero attached hydrogens (tertiary/aromatic N) is 2. The summed E-state index contributed by atoms with van der Waals surface area (Å²) < 4.78 is 25.4. The van der Waals surface area contributed by atoms with E-state index in [-0.39, 0.29) is 57.1 Å². The molecule has 2 aliphatic heterocycles. The fourth-order valence-electron chi connectivity index (χ4n) is 13.9. The molecule has 14 unspecified atom stereocenters. The van der Waals surface area contributed by atoms with Crippen LogP contribution in [0.3, 0.4) is 0 Å². The number of carbonyl (C=O) groups excluding carboxylic acids is 2. The molecule has 7 rings (SSSR count). The highest BCUT2D eigenvalue weighted by molar-refractivity contribution is 5.73. The van der Waals surface area contributed by atoms with Crippen LogP contribution in [0.15, 0.2) is 0 Å². The highest BCUT2D eigenvalue weighted by atomic mass is 16.7. The van der Waals surface area contributed by atoms with Gasteiger partial charge in [0.15, 0.2) is 12.4 Å². The first-order chi connectivity index (χ1) is 22.7. The first kappa shape index (κ1) is 35.9. The van der Waals surface area contributed by atoms with E-state index in [0.717, 1.165) is 32.1 Å². The minimum atomic E-state index is -1.27. The van der Waals surface area contributed by atoms with Crippen molar-refractivity contribution in [2.45, 2.75) is 149 Å². The van der Waals surface area contributed by atoms with Crippen molar-refractivity contribution in [3.05, 3.63) is 0 Å². The van der Waals surface area contributed by atoms with Crippen LogP contribution in [0, 0.1) is 50.7 Å². The third kappa shape index (κ3) is 4.95. The molecule has 278 valence electrons. The maximum Gasteiger partial charge on any atom is 0.319 e. The maximum absolute atomic E-state index is 12.7. The number of rotatable bonds is 5. The van der Waals surface area contributed by atoms with Gasteiger partial charge in [0.1, 0.15) is 0 Å². The first-order valence-corrected chi connectivity index (χ1v) is 19.2. The lowest BCUT2D eigenvalue weighted by Gasteiger charge is -2.64. The van der Waals surface area contributed by atoms with E-state index in [1.807, 2.05) is 4.90 Å². The Morgan fingerprint density at radius 3 is 2.35 bits per heavy atom. The van der Waals surface area contributed by atoms with E-state index >= 15 is 0 Å². The number of carbonyl (C=O) groups is 2. The van der Waals surface area contributed by atoms with Gasteiger partial charge in [-0.25, -0.2) is 4.79 Å². The quantitative estimate of drug-likeness (QED) is 0.378. The van der Waals surface area contributed by atoms with Gasteiger partial charge >= 0.3 is 12.0 Å². The molecular formula is C39H64N2O8. The second-order valence-corrected chi connectivity index (χ2v) is 19.3. The minimum Gasteiger partial charge on any atom is -0.457 e. The molecule has 0 aromatic rings. The predicted octanol–water partition coefficient (Wildman–Crippen LogP) is 5.23. The van der Waals surface area contributed by atoms with Crippen molar-refractivity contribution in [2.24, 2.45) is 50.7 Å². The summed E-state index contributed by atoms with van der Waals surface area (Å²) in [6.45, 7) is 18.2. The second-order valence-electron chi connectivity index (χ2n) is 19.3. The molecule has 2 amide bonds. The average molecular weight is 689 g/mol. The monoisotopic (exact) mass is 688 g/mol. The highest BCUT2D eigenvalue weighted by Gasteiger charge is 2.84. The van der Waals surface area contributed by atoms with Gasteiger partial charge in [-0.15, -0.1) is 0 Å². The molecule has 0 bridgehead atoms. The number of morpholine rings is 1. The number of hydrogen-bond acceptors (Lipinski definition) is 8. The normalized spacial score (nSPS) is 49.0. The van der Waals surface area contributed by atoms with Crippen LogP contribution < -0.4 is 0 Å². The summed E-state index contributed by atoms with van der Waals surface area (Å²) >= 11 is 0. The maximum atomic E-state index is 12.7. The smallest absolute Gasteiger partial charge is 0.319 e. The van der Waals surface area contributed by atoms with Gasteiger partial charge in [0.05, 0.1) is 43.2 Å². The van der Waals surface area contributed by atoms with Crippen molar-refractivity contribution >= 4 is 12.0 Å². The number of fused-ring (bicyclic) bond motifs is 4. The van der Waals surface area contributed by atoms with Crippen molar-refractivity contribution in [1.29, 1.82) is 0 Å². The van der Waals surface area contributed by atoms with E-state index in [9.17, 15) is 19.8 Å². The van der Waals surface area contributed by atoms with Gasteiger partial charge in [0, 0.05) is 33.0 Å². The van der Waals surface area contributed by atoms with Gasteiger partial charge in [-0.2, -0.15) is 0 Å². The molecule has 10 heteroatoms. The molecule has 2 saturated heterocycles. The Morgan fingerprint density at radius 1 is 1.02 bits per heavy atom. The third-order valence-electron chi connectivity index (χ3n) is 16.1. The lowest BCUT2D eigenvalue weighted by atomic mass is 9.41. The molecule has 0 aromatic heterocycles. The van der Waals surface area contributed by atoms with E-state index in [1.165, 1.54) is 19.8 Å². The van der Waals surface area contributed by atoms with Gasteiger partial charge in [-0.1, -0.05) is 34.6 Å². The van der Waals surface area contributed by atoms with Crippen LogP contribution in [0.1, 0.15) is 107 Å². The number of esters is 1. The summed E-state index contributed by atoms with van der Waals surface area (Å²) in [5.74, 6) is 0.954. The molecule has 2 heterocycles. The van der Waals surface area contributed by atoms with Crippen LogP contribution in [0.4, 0.5) is 4.79 Å². The summed E-state index contributed by atoms with van der Waals surface area (Å²) in [5.41, 5.74) is -1.22. The van der Waals surface area contributed by atoms with Crippen LogP contribution in [-0.4, -0.2) is 108 Å². The van der Waals surface area contributed by atoms with Crippen molar-refractivity contribution in [1.82, 2.24) is 9.80 Å². The molecule has 0 aromatic carbocycles. The largest absolute Gasteiger partial charge is 0.457 e. The number of aliphatic hydroxyl groups is 2. The van der Waals surface area contributed by atoms with Crippen molar-refractivity contribution in [3.8, 4) is 0 Å². The highest BCUT2D eigenvalue weighted by Crippen LogP contribution is 2.89. The topological polar surface area (TPSA) is 118 Å². The Bertz CT molecular complexity index is 1330. The Balaban J connectivity index is 1.12. The average Bonchev–Trinajstić information content (AvgIpc) is 3.65. The predicted molar refractivity (Wildman–Crippen MR) is 183 cm³/mol. The number of hydrogen-bond donors (Lipinski definition) is 2. The van der Waals surface area contributed by atoms with Crippen LogP contribution in [0.25, 0.3) is 0 Å². The molecule has 2 N–H and O–H groups in total. The van der Waals surface area contributed by atoms with E-state index in [2.05, 4.69) is 34.6 Å².